The first-order valence-electron chi connectivity index (χ1n) is 10.3. The first-order chi connectivity index (χ1) is 15.3. The molecule has 1 saturated heterocycles. The highest BCUT2D eigenvalue weighted by atomic mass is 32.2. The summed E-state index contributed by atoms with van der Waals surface area (Å²) in [5.41, 5.74) is 0.630. The monoisotopic (exact) mass is 477 g/mol. The van der Waals surface area contributed by atoms with Crippen LogP contribution >= 0.6 is 0 Å². The number of rotatable bonds is 9. The molecule has 1 aliphatic rings. The number of sulfonamides is 2. The van der Waals surface area contributed by atoms with Gasteiger partial charge in [-0.1, -0.05) is 36.8 Å². The Labute approximate surface area is 189 Å². The minimum atomic E-state index is -3.77. The van der Waals surface area contributed by atoms with Gasteiger partial charge in [-0.05, 0) is 42.7 Å². The van der Waals surface area contributed by atoms with Crippen molar-refractivity contribution in [3.05, 3.63) is 72.3 Å². The van der Waals surface area contributed by atoms with E-state index in [1.165, 1.54) is 34.6 Å². The van der Waals surface area contributed by atoms with Crippen LogP contribution in [-0.4, -0.2) is 46.7 Å². The van der Waals surface area contributed by atoms with E-state index in [2.05, 4.69) is 16.6 Å². The summed E-state index contributed by atoms with van der Waals surface area (Å²) in [7, 11) is -7.42. The Hall–Kier alpha value is -2.53. The highest BCUT2D eigenvalue weighted by molar-refractivity contribution is 7.89. The number of benzene rings is 2. The summed E-state index contributed by atoms with van der Waals surface area (Å²) >= 11 is 0. The molecule has 0 unspecified atom stereocenters. The van der Waals surface area contributed by atoms with E-state index in [4.69, 9.17) is 0 Å². The van der Waals surface area contributed by atoms with E-state index in [0.29, 0.717) is 18.7 Å². The number of nitrogens with one attached hydrogen (secondary N) is 2. The van der Waals surface area contributed by atoms with Crippen molar-refractivity contribution in [3.8, 4) is 0 Å². The van der Waals surface area contributed by atoms with Crippen molar-refractivity contribution < 1.29 is 21.6 Å². The average Bonchev–Trinajstić information content (AvgIpc) is 2.82. The molecule has 8 nitrogen and oxygen atoms in total. The fourth-order valence-electron chi connectivity index (χ4n) is 3.48. The van der Waals surface area contributed by atoms with Gasteiger partial charge in [0.15, 0.2) is 0 Å². The van der Waals surface area contributed by atoms with Gasteiger partial charge in [0.05, 0.1) is 9.79 Å². The molecule has 1 fully saturated rings. The van der Waals surface area contributed by atoms with Gasteiger partial charge in [0.25, 0.3) is 5.91 Å². The summed E-state index contributed by atoms with van der Waals surface area (Å²) in [6, 6.07) is 12.2. The Balaban J connectivity index is 1.76. The van der Waals surface area contributed by atoms with Gasteiger partial charge in [-0.2, -0.15) is 4.31 Å². The Morgan fingerprint density at radius 3 is 2.44 bits per heavy atom. The highest BCUT2D eigenvalue weighted by Crippen LogP contribution is 2.23. The molecule has 1 aliphatic heterocycles. The lowest BCUT2D eigenvalue weighted by Crippen LogP contribution is -2.36. The first-order valence-corrected chi connectivity index (χ1v) is 13.2. The van der Waals surface area contributed by atoms with Gasteiger partial charge in [0.1, 0.15) is 0 Å². The van der Waals surface area contributed by atoms with Crippen molar-refractivity contribution in [1.82, 2.24) is 14.3 Å². The second-order valence-electron chi connectivity index (χ2n) is 7.42. The molecule has 0 spiro atoms. The van der Waals surface area contributed by atoms with Crippen LogP contribution in [0.1, 0.15) is 35.2 Å². The minimum Gasteiger partial charge on any atom is -0.348 e. The Morgan fingerprint density at radius 1 is 1.00 bits per heavy atom. The number of hydrogen-bond acceptors (Lipinski definition) is 5. The second-order valence-corrected chi connectivity index (χ2v) is 11.1. The maximum atomic E-state index is 13.1. The molecule has 172 valence electrons. The van der Waals surface area contributed by atoms with E-state index in [0.717, 1.165) is 19.3 Å². The van der Waals surface area contributed by atoms with E-state index in [1.807, 2.05) is 0 Å². The summed E-state index contributed by atoms with van der Waals surface area (Å²) in [6.07, 6.45) is 4.10. The molecule has 0 saturated carbocycles. The van der Waals surface area contributed by atoms with E-state index < -0.39 is 26.0 Å². The van der Waals surface area contributed by atoms with Crippen LogP contribution in [0.2, 0.25) is 0 Å². The summed E-state index contributed by atoms with van der Waals surface area (Å²) in [4.78, 5) is 12.8. The van der Waals surface area contributed by atoms with Crippen LogP contribution in [0.25, 0.3) is 0 Å². The minimum absolute atomic E-state index is 0.00618. The Kier molecular flexibility index (Phi) is 7.83. The smallest absolute Gasteiger partial charge is 0.251 e. The van der Waals surface area contributed by atoms with Crippen molar-refractivity contribution >= 4 is 26.0 Å². The van der Waals surface area contributed by atoms with Crippen LogP contribution in [0, 0.1) is 0 Å². The maximum absolute atomic E-state index is 13.1. The summed E-state index contributed by atoms with van der Waals surface area (Å²) in [6.45, 7) is 4.52. The fraction of sp³-hybridized carbons (Fsp3) is 0.318. The third-order valence-electron chi connectivity index (χ3n) is 5.17. The predicted octanol–water partition coefficient (Wildman–Crippen LogP) is 2.26. The van der Waals surface area contributed by atoms with Gasteiger partial charge < -0.3 is 5.32 Å². The average molecular weight is 478 g/mol. The molecule has 1 amide bonds. The standard InChI is InChI=1S/C22H27N3O5S2/c1-2-13-24-31(27,28)20-11-8-10-18(16-20)22(26)23-17-19-9-4-5-12-21(19)32(29,30)25-14-6-3-7-15-25/h2,4-5,8-12,16,24H,1,3,6-7,13-15,17H2,(H,23,26). The normalized spacial score (nSPS) is 15.2. The number of hydrogen-bond donors (Lipinski definition) is 2. The number of nitrogens with zero attached hydrogens (tertiary/aromatic N) is 1. The number of amides is 1. The van der Waals surface area contributed by atoms with Crippen LogP contribution in [0.3, 0.4) is 0 Å². The molecule has 10 heteroatoms. The third kappa shape index (κ3) is 5.63. The largest absolute Gasteiger partial charge is 0.348 e. The number of carbonyl (C=O) groups excluding carboxylic acids is 1. The molecule has 0 aromatic heterocycles. The van der Waals surface area contributed by atoms with E-state index in [9.17, 15) is 21.6 Å². The molecule has 0 atom stereocenters. The molecule has 32 heavy (non-hydrogen) atoms. The molecule has 0 bridgehead atoms. The zero-order valence-corrected chi connectivity index (χ0v) is 19.3. The summed E-state index contributed by atoms with van der Waals surface area (Å²) < 4.78 is 54.6. The zero-order valence-electron chi connectivity index (χ0n) is 17.7. The van der Waals surface area contributed by atoms with Gasteiger partial charge in [-0.3, -0.25) is 4.79 Å². The predicted molar refractivity (Wildman–Crippen MR) is 122 cm³/mol. The Bertz CT molecular complexity index is 1190. The highest BCUT2D eigenvalue weighted by Gasteiger charge is 2.28. The molecule has 2 aromatic carbocycles. The lowest BCUT2D eigenvalue weighted by atomic mass is 10.2. The molecular formula is C22H27N3O5S2. The molecule has 2 N–H and O–H groups in total. The van der Waals surface area contributed by atoms with Crippen molar-refractivity contribution in [2.45, 2.75) is 35.6 Å². The van der Waals surface area contributed by atoms with E-state index in [-0.39, 0.29) is 28.4 Å². The summed E-state index contributed by atoms with van der Waals surface area (Å²) in [5.74, 6) is -0.504. The van der Waals surface area contributed by atoms with Gasteiger partial charge >= 0.3 is 0 Å². The molecule has 0 radical (unpaired) electrons. The van der Waals surface area contributed by atoms with Crippen molar-refractivity contribution in [3.63, 3.8) is 0 Å². The molecule has 0 aliphatic carbocycles. The van der Waals surface area contributed by atoms with E-state index in [1.54, 1.807) is 24.3 Å². The zero-order chi connectivity index (χ0) is 23.2. The second kappa shape index (κ2) is 10.4. The van der Waals surface area contributed by atoms with Crippen LogP contribution in [-0.2, 0) is 26.6 Å². The first kappa shape index (κ1) is 24.1. The fourth-order valence-corrected chi connectivity index (χ4v) is 6.26. The SMILES string of the molecule is C=CCNS(=O)(=O)c1cccc(C(=O)NCc2ccccc2S(=O)(=O)N2CCCCC2)c1. The van der Waals surface area contributed by atoms with Crippen molar-refractivity contribution in [1.29, 1.82) is 0 Å². The summed E-state index contributed by atoms with van der Waals surface area (Å²) in [5, 5.41) is 2.70. The third-order valence-corrected chi connectivity index (χ3v) is 8.59. The van der Waals surface area contributed by atoms with Gasteiger partial charge in [-0.25, -0.2) is 21.6 Å². The van der Waals surface area contributed by atoms with Gasteiger partial charge in [0.2, 0.25) is 20.0 Å². The van der Waals surface area contributed by atoms with Crippen LogP contribution in [0.15, 0.2) is 71.0 Å². The Morgan fingerprint density at radius 2 is 1.72 bits per heavy atom. The van der Waals surface area contributed by atoms with Gasteiger partial charge in [-0.15, -0.1) is 6.58 Å². The van der Waals surface area contributed by atoms with E-state index >= 15 is 0 Å². The van der Waals surface area contributed by atoms with Crippen LogP contribution < -0.4 is 10.0 Å². The topological polar surface area (TPSA) is 113 Å². The van der Waals surface area contributed by atoms with Crippen molar-refractivity contribution in [2.75, 3.05) is 19.6 Å². The molecule has 3 rings (SSSR count). The number of piperidine rings is 1. The number of carbonyl (C=O) groups is 1. The lowest BCUT2D eigenvalue weighted by Gasteiger charge is -2.26. The van der Waals surface area contributed by atoms with Gasteiger partial charge in [0, 0.05) is 31.7 Å². The molecular weight excluding hydrogens is 450 g/mol. The van der Waals surface area contributed by atoms with Crippen molar-refractivity contribution in [2.24, 2.45) is 0 Å². The quantitative estimate of drug-likeness (QED) is 0.538. The van der Waals surface area contributed by atoms with Crippen LogP contribution in [0.4, 0.5) is 0 Å². The molecule has 2 aromatic rings. The maximum Gasteiger partial charge on any atom is 0.251 e. The van der Waals surface area contributed by atoms with Crippen LogP contribution in [0.5, 0.6) is 0 Å². The lowest BCUT2D eigenvalue weighted by molar-refractivity contribution is 0.0950. The molecule has 1 heterocycles.